The standard InChI is InChI=1S/C23H25N/c1-18-19(2)24(22-14-8-7-13-21(18)22)17-23(15-9-4-10-16-23)20-11-5-3-6-12-20/h3-15,18-19H,16-17H2,1-2H3/t18-,19-,23?/m0/s1. The monoisotopic (exact) mass is 315 g/mol. The number of nitrogens with zero attached hydrogens (tertiary/aromatic N) is 1. The Morgan fingerprint density at radius 1 is 0.958 bits per heavy atom. The fourth-order valence-electron chi connectivity index (χ4n) is 4.27. The molecule has 1 unspecified atom stereocenters. The molecule has 0 fully saturated rings. The van der Waals surface area contributed by atoms with E-state index in [1.165, 1.54) is 16.8 Å². The van der Waals surface area contributed by atoms with Gasteiger partial charge < -0.3 is 4.90 Å². The molecule has 2 aromatic carbocycles. The highest BCUT2D eigenvalue weighted by atomic mass is 15.2. The number of hydrogen-bond donors (Lipinski definition) is 0. The fourth-order valence-corrected chi connectivity index (χ4v) is 4.27. The average molecular weight is 315 g/mol. The Labute approximate surface area is 145 Å². The van der Waals surface area contributed by atoms with Crippen molar-refractivity contribution in [3.63, 3.8) is 0 Å². The molecule has 1 heterocycles. The predicted octanol–water partition coefficient (Wildman–Crippen LogP) is 5.45. The quantitative estimate of drug-likeness (QED) is 0.727. The number of rotatable bonds is 3. The number of fused-ring (bicyclic) bond motifs is 1. The summed E-state index contributed by atoms with van der Waals surface area (Å²) in [7, 11) is 0. The van der Waals surface area contributed by atoms with Crippen molar-refractivity contribution in [1.82, 2.24) is 0 Å². The van der Waals surface area contributed by atoms with Crippen molar-refractivity contribution in [2.75, 3.05) is 11.4 Å². The van der Waals surface area contributed by atoms with E-state index in [0.29, 0.717) is 12.0 Å². The molecule has 0 radical (unpaired) electrons. The molecule has 2 aromatic rings. The Balaban J connectivity index is 1.74. The van der Waals surface area contributed by atoms with Crippen molar-refractivity contribution in [1.29, 1.82) is 0 Å². The molecule has 1 aliphatic carbocycles. The number of allylic oxidation sites excluding steroid dienone is 3. The molecule has 24 heavy (non-hydrogen) atoms. The van der Waals surface area contributed by atoms with Gasteiger partial charge in [-0.15, -0.1) is 0 Å². The van der Waals surface area contributed by atoms with Crippen LogP contribution in [0.2, 0.25) is 0 Å². The van der Waals surface area contributed by atoms with E-state index in [-0.39, 0.29) is 5.41 Å². The molecule has 4 rings (SSSR count). The van der Waals surface area contributed by atoms with E-state index in [4.69, 9.17) is 0 Å². The van der Waals surface area contributed by atoms with Crippen LogP contribution >= 0.6 is 0 Å². The number of para-hydroxylation sites is 1. The van der Waals surface area contributed by atoms with Gasteiger partial charge >= 0.3 is 0 Å². The highest BCUT2D eigenvalue weighted by Gasteiger charge is 2.38. The van der Waals surface area contributed by atoms with Crippen LogP contribution in [0, 0.1) is 0 Å². The number of benzene rings is 2. The van der Waals surface area contributed by atoms with Gasteiger partial charge in [-0.05, 0) is 30.5 Å². The lowest BCUT2D eigenvalue weighted by molar-refractivity contribution is 0.483. The van der Waals surface area contributed by atoms with Crippen molar-refractivity contribution >= 4 is 5.69 Å². The lowest BCUT2D eigenvalue weighted by Crippen LogP contribution is -2.43. The lowest BCUT2D eigenvalue weighted by atomic mass is 9.75. The van der Waals surface area contributed by atoms with Crippen LogP contribution in [0.25, 0.3) is 0 Å². The minimum Gasteiger partial charge on any atom is -0.367 e. The molecular formula is C23H25N. The van der Waals surface area contributed by atoms with E-state index >= 15 is 0 Å². The molecule has 0 saturated carbocycles. The van der Waals surface area contributed by atoms with Gasteiger partial charge in [0.25, 0.3) is 0 Å². The molecule has 1 aliphatic heterocycles. The van der Waals surface area contributed by atoms with Crippen LogP contribution in [0.3, 0.4) is 0 Å². The van der Waals surface area contributed by atoms with Crippen molar-refractivity contribution in [2.45, 2.75) is 37.6 Å². The second kappa shape index (κ2) is 5.98. The first kappa shape index (κ1) is 15.3. The van der Waals surface area contributed by atoms with Gasteiger partial charge in [-0.25, -0.2) is 0 Å². The Kier molecular flexibility index (Phi) is 3.80. The summed E-state index contributed by atoms with van der Waals surface area (Å²) in [5.74, 6) is 0.581. The third kappa shape index (κ3) is 2.39. The van der Waals surface area contributed by atoms with E-state index in [1.807, 2.05) is 0 Å². The van der Waals surface area contributed by atoms with Crippen LogP contribution < -0.4 is 4.90 Å². The summed E-state index contributed by atoms with van der Waals surface area (Å²) in [5.41, 5.74) is 4.37. The molecule has 2 aliphatic rings. The first-order valence-electron chi connectivity index (χ1n) is 8.97. The third-order valence-corrected chi connectivity index (χ3v) is 5.90. The highest BCUT2D eigenvalue weighted by molar-refractivity contribution is 5.62. The van der Waals surface area contributed by atoms with E-state index in [0.717, 1.165) is 13.0 Å². The maximum absolute atomic E-state index is 2.62. The van der Waals surface area contributed by atoms with E-state index in [9.17, 15) is 0 Å². The van der Waals surface area contributed by atoms with Crippen molar-refractivity contribution in [3.05, 3.63) is 90.0 Å². The van der Waals surface area contributed by atoms with Crippen molar-refractivity contribution in [2.24, 2.45) is 0 Å². The Hall–Kier alpha value is -2.28. The molecule has 0 aromatic heterocycles. The second-order valence-electron chi connectivity index (χ2n) is 7.23. The van der Waals surface area contributed by atoms with Gasteiger partial charge in [-0.3, -0.25) is 0 Å². The first-order chi connectivity index (χ1) is 11.7. The third-order valence-electron chi connectivity index (χ3n) is 5.90. The molecule has 3 atom stereocenters. The maximum Gasteiger partial charge on any atom is 0.0405 e. The second-order valence-corrected chi connectivity index (χ2v) is 7.23. The van der Waals surface area contributed by atoms with Crippen LogP contribution in [-0.2, 0) is 5.41 Å². The topological polar surface area (TPSA) is 3.24 Å². The van der Waals surface area contributed by atoms with Gasteiger partial charge in [0.15, 0.2) is 0 Å². The van der Waals surface area contributed by atoms with Crippen molar-refractivity contribution in [3.8, 4) is 0 Å². The molecule has 0 saturated heterocycles. The lowest BCUT2D eigenvalue weighted by Gasteiger charge is -2.39. The van der Waals surface area contributed by atoms with Gasteiger partial charge in [-0.2, -0.15) is 0 Å². The summed E-state index contributed by atoms with van der Waals surface area (Å²) in [6.45, 7) is 5.75. The van der Waals surface area contributed by atoms with Gasteiger partial charge in [-0.1, -0.05) is 79.8 Å². The molecule has 1 heteroatoms. The van der Waals surface area contributed by atoms with Crippen LogP contribution in [0.15, 0.2) is 78.9 Å². The van der Waals surface area contributed by atoms with Gasteiger partial charge in [0.05, 0.1) is 0 Å². The minimum atomic E-state index is 0.0570. The smallest absolute Gasteiger partial charge is 0.0405 e. The van der Waals surface area contributed by atoms with Gasteiger partial charge in [0, 0.05) is 29.6 Å². The number of hydrogen-bond acceptors (Lipinski definition) is 1. The average Bonchev–Trinajstić information content (AvgIpc) is 2.88. The molecule has 0 bridgehead atoms. The summed E-state index contributed by atoms with van der Waals surface area (Å²) < 4.78 is 0. The fraction of sp³-hybridized carbons (Fsp3) is 0.304. The summed E-state index contributed by atoms with van der Waals surface area (Å²) in [6.07, 6.45) is 10.2. The zero-order valence-corrected chi connectivity index (χ0v) is 14.5. The summed E-state index contributed by atoms with van der Waals surface area (Å²) >= 11 is 0. The van der Waals surface area contributed by atoms with Crippen LogP contribution in [0.4, 0.5) is 5.69 Å². The number of anilines is 1. The van der Waals surface area contributed by atoms with E-state index in [1.54, 1.807) is 0 Å². The van der Waals surface area contributed by atoms with Gasteiger partial charge in [0.2, 0.25) is 0 Å². The first-order valence-corrected chi connectivity index (χ1v) is 8.97. The summed E-state index contributed by atoms with van der Waals surface area (Å²) in [5, 5.41) is 0. The minimum absolute atomic E-state index is 0.0570. The SMILES string of the molecule is C[C@@H]1c2ccccc2N(CC2(c3ccccc3)C=CC=CC2)[C@H]1C. The molecule has 122 valence electrons. The Morgan fingerprint density at radius 2 is 1.71 bits per heavy atom. The zero-order valence-electron chi connectivity index (χ0n) is 14.5. The van der Waals surface area contributed by atoms with Crippen LogP contribution in [0.5, 0.6) is 0 Å². The molecule has 0 amide bonds. The van der Waals surface area contributed by atoms with Crippen LogP contribution in [0.1, 0.15) is 37.3 Å². The molecular weight excluding hydrogens is 290 g/mol. The summed E-state index contributed by atoms with van der Waals surface area (Å²) in [6, 6.07) is 20.4. The largest absolute Gasteiger partial charge is 0.367 e. The van der Waals surface area contributed by atoms with Crippen LogP contribution in [-0.4, -0.2) is 12.6 Å². The Morgan fingerprint density at radius 3 is 2.46 bits per heavy atom. The Bertz CT molecular complexity index is 774. The highest BCUT2D eigenvalue weighted by Crippen LogP contribution is 2.44. The maximum atomic E-state index is 2.62. The molecule has 0 spiro atoms. The normalized spacial score (nSPS) is 28.2. The van der Waals surface area contributed by atoms with E-state index < -0.39 is 0 Å². The zero-order chi connectivity index (χ0) is 16.6. The molecule has 1 nitrogen and oxygen atoms in total. The van der Waals surface area contributed by atoms with Gasteiger partial charge in [0.1, 0.15) is 0 Å². The van der Waals surface area contributed by atoms with Crippen molar-refractivity contribution < 1.29 is 0 Å². The molecule has 0 N–H and O–H groups in total. The summed E-state index contributed by atoms with van der Waals surface area (Å²) in [4.78, 5) is 2.62. The van der Waals surface area contributed by atoms with E-state index in [2.05, 4.69) is 97.6 Å². The predicted molar refractivity (Wildman–Crippen MR) is 103 cm³/mol.